The summed E-state index contributed by atoms with van der Waals surface area (Å²) in [6, 6.07) is 15.0. The van der Waals surface area contributed by atoms with E-state index >= 15 is 0 Å². The number of benzene rings is 2. The zero-order valence-corrected chi connectivity index (χ0v) is 16.5. The van der Waals surface area contributed by atoms with Gasteiger partial charge >= 0.3 is 0 Å². The van der Waals surface area contributed by atoms with E-state index in [1.807, 2.05) is 62.4 Å². The molecule has 0 aliphatic rings. The van der Waals surface area contributed by atoms with Gasteiger partial charge in [-0.3, -0.25) is 4.79 Å². The summed E-state index contributed by atoms with van der Waals surface area (Å²) in [4.78, 5) is 17.0. The standard InChI is InChI=1S/C22H24N2O4/c1-14(17-10-11-19(26-3)20(12-17)27-4)23-21(25)13-18-15(2)28-22(24-18)16-8-6-5-7-9-16/h5-12,14H,13H2,1-4H3,(H,23,25). The van der Waals surface area contributed by atoms with Gasteiger partial charge in [0, 0.05) is 5.56 Å². The Balaban J connectivity index is 1.68. The molecule has 1 amide bonds. The van der Waals surface area contributed by atoms with E-state index in [9.17, 15) is 4.79 Å². The Morgan fingerprint density at radius 3 is 2.50 bits per heavy atom. The number of aryl methyl sites for hydroxylation is 1. The monoisotopic (exact) mass is 380 g/mol. The van der Waals surface area contributed by atoms with Crippen LogP contribution in [0.2, 0.25) is 0 Å². The number of ether oxygens (including phenoxy) is 2. The summed E-state index contributed by atoms with van der Waals surface area (Å²) in [6.07, 6.45) is 0.153. The molecule has 3 rings (SSSR count). The molecule has 28 heavy (non-hydrogen) atoms. The average Bonchev–Trinajstić information content (AvgIpc) is 3.08. The van der Waals surface area contributed by atoms with Crippen molar-refractivity contribution in [3.05, 3.63) is 65.5 Å². The minimum atomic E-state index is -0.187. The maximum atomic E-state index is 12.5. The van der Waals surface area contributed by atoms with Crippen LogP contribution in [0.5, 0.6) is 11.5 Å². The molecule has 6 nitrogen and oxygen atoms in total. The molecule has 1 unspecified atom stereocenters. The maximum absolute atomic E-state index is 12.5. The molecule has 1 atom stereocenters. The topological polar surface area (TPSA) is 73.6 Å². The predicted molar refractivity (Wildman–Crippen MR) is 106 cm³/mol. The van der Waals surface area contributed by atoms with Gasteiger partial charge in [-0.2, -0.15) is 0 Å². The van der Waals surface area contributed by atoms with Crippen LogP contribution < -0.4 is 14.8 Å². The van der Waals surface area contributed by atoms with Crippen molar-refractivity contribution in [2.24, 2.45) is 0 Å². The third-order valence-electron chi connectivity index (χ3n) is 4.53. The fourth-order valence-corrected chi connectivity index (χ4v) is 2.95. The van der Waals surface area contributed by atoms with Crippen LogP contribution in [0.25, 0.3) is 11.5 Å². The second kappa shape index (κ2) is 8.61. The van der Waals surface area contributed by atoms with Gasteiger partial charge in [0.05, 0.1) is 32.4 Å². The fourth-order valence-electron chi connectivity index (χ4n) is 2.95. The van der Waals surface area contributed by atoms with E-state index in [0.29, 0.717) is 28.8 Å². The summed E-state index contributed by atoms with van der Waals surface area (Å²) in [6.45, 7) is 3.74. The molecule has 1 heterocycles. The molecule has 0 radical (unpaired) electrons. The van der Waals surface area contributed by atoms with Crippen molar-refractivity contribution < 1.29 is 18.7 Å². The number of carbonyl (C=O) groups excluding carboxylic acids is 1. The molecule has 0 fully saturated rings. The molecule has 0 saturated carbocycles. The number of amides is 1. The zero-order valence-electron chi connectivity index (χ0n) is 16.5. The van der Waals surface area contributed by atoms with Crippen LogP contribution in [0.1, 0.15) is 30.0 Å². The van der Waals surface area contributed by atoms with Crippen LogP contribution in [0.4, 0.5) is 0 Å². The summed E-state index contributed by atoms with van der Waals surface area (Å²) >= 11 is 0. The summed E-state index contributed by atoms with van der Waals surface area (Å²) in [5.74, 6) is 2.32. The second-order valence-electron chi connectivity index (χ2n) is 6.47. The molecule has 6 heteroatoms. The van der Waals surface area contributed by atoms with Gasteiger partial charge in [0.2, 0.25) is 11.8 Å². The first-order chi connectivity index (χ1) is 13.5. The van der Waals surface area contributed by atoms with Crippen molar-refractivity contribution in [1.82, 2.24) is 10.3 Å². The summed E-state index contributed by atoms with van der Waals surface area (Å²) in [7, 11) is 3.18. The van der Waals surface area contributed by atoms with Crippen molar-refractivity contribution in [1.29, 1.82) is 0 Å². The van der Waals surface area contributed by atoms with Crippen LogP contribution in [0, 0.1) is 6.92 Å². The highest BCUT2D eigenvalue weighted by Crippen LogP contribution is 2.30. The molecule has 1 N–H and O–H groups in total. The van der Waals surface area contributed by atoms with Crippen molar-refractivity contribution in [2.75, 3.05) is 14.2 Å². The zero-order chi connectivity index (χ0) is 20.1. The van der Waals surface area contributed by atoms with Crippen molar-refractivity contribution in [3.8, 4) is 23.0 Å². The summed E-state index contributed by atoms with van der Waals surface area (Å²) < 4.78 is 16.3. The normalized spacial score (nSPS) is 11.7. The van der Waals surface area contributed by atoms with Gasteiger partial charge in [0.1, 0.15) is 5.76 Å². The van der Waals surface area contributed by atoms with Crippen molar-refractivity contribution in [2.45, 2.75) is 26.3 Å². The van der Waals surface area contributed by atoms with E-state index in [2.05, 4.69) is 10.3 Å². The predicted octanol–water partition coefficient (Wildman–Crippen LogP) is 4.09. The van der Waals surface area contributed by atoms with Gasteiger partial charge < -0.3 is 19.2 Å². The van der Waals surface area contributed by atoms with E-state index < -0.39 is 0 Å². The fraction of sp³-hybridized carbons (Fsp3) is 0.273. The Morgan fingerprint density at radius 2 is 1.82 bits per heavy atom. The number of aromatic nitrogens is 1. The van der Waals surface area contributed by atoms with Gasteiger partial charge in [-0.05, 0) is 43.7 Å². The van der Waals surface area contributed by atoms with Crippen molar-refractivity contribution in [3.63, 3.8) is 0 Å². The Bertz CT molecular complexity index is 950. The number of oxazole rings is 1. The lowest BCUT2D eigenvalue weighted by molar-refractivity contribution is -0.121. The number of nitrogens with one attached hydrogen (secondary N) is 1. The summed E-state index contributed by atoms with van der Waals surface area (Å²) in [5, 5.41) is 2.99. The van der Waals surface area contributed by atoms with E-state index in [4.69, 9.17) is 13.9 Å². The number of methoxy groups -OCH3 is 2. The molecule has 0 saturated heterocycles. The highest BCUT2D eigenvalue weighted by Gasteiger charge is 2.17. The molecule has 3 aromatic rings. The van der Waals surface area contributed by atoms with Crippen LogP contribution in [0.15, 0.2) is 52.9 Å². The Kier molecular flexibility index (Phi) is 5.99. The molecule has 0 bridgehead atoms. The molecule has 0 aliphatic carbocycles. The molecule has 2 aromatic carbocycles. The van der Waals surface area contributed by atoms with Gasteiger partial charge in [0.25, 0.3) is 0 Å². The lowest BCUT2D eigenvalue weighted by Gasteiger charge is -2.16. The number of hydrogen-bond acceptors (Lipinski definition) is 5. The number of carbonyl (C=O) groups is 1. The first-order valence-corrected chi connectivity index (χ1v) is 9.04. The molecule has 146 valence electrons. The van der Waals surface area contributed by atoms with Crippen LogP contribution >= 0.6 is 0 Å². The van der Waals surface area contributed by atoms with Crippen LogP contribution in [-0.4, -0.2) is 25.1 Å². The van der Waals surface area contributed by atoms with Gasteiger partial charge in [-0.15, -0.1) is 0 Å². The van der Waals surface area contributed by atoms with E-state index in [-0.39, 0.29) is 18.4 Å². The number of nitrogens with zero attached hydrogens (tertiary/aromatic N) is 1. The lowest BCUT2D eigenvalue weighted by atomic mass is 10.1. The largest absolute Gasteiger partial charge is 0.493 e. The lowest BCUT2D eigenvalue weighted by Crippen LogP contribution is -2.28. The Labute approximate surface area is 164 Å². The maximum Gasteiger partial charge on any atom is 0.226 e. The highest BCUT2D eigenvalue weighted by atomic mass is 16.5. The molecular weight excluding hydrogens is 356 g/mol. The minimum absolute atomic E-state index is 0.127. The summed E-state index contributed by atoms with van der Waals surface area (Å²) in [5.41, 5.74) is 2.44. The quantitative estimate of drug-likeness (QED) is 0.668. The van der Waals surface area contributed by atoms with E-state index in [1.165, 1.54) is 0 Å². The number of hydrogen-bond donors (Lipinski definition) is 1. The van der Waals surface area contributed by atoms with Crippen LogP contribution in [0.3, 0.4) is 0 Å². The van der Waals surface area contributed by atoms with Gasteiger partial charge in [0.15, 0.2) is 11.5 Å². The third-order valence-corrected chi connectivity index (χ3v) is 4.53. The second-order valence-corrected chi connectivity index (χ2v) is 6.47. The molecule has 0 aliphatic heterocycles. The molecule has 0 spiro atoms. The van der Waals surface area contributed by atoms with E-state index in [1.54, 1.807) is 14.2 Å². The van der Waals surface area contributed by atoms with Gasteiger partial charge in [-0.1, -0.05) is 24.3 Å². The molecular formula is C22H24N2O4. The smallest absolute Gasteiger partial charge is 0.226 e. The number of rotatable bonds is 7. The van der Waals surface area contributed by atoms with E-state index in [0.717, 1.165) is 11.1 Å². The van der Waals surface area contributed by atoms with Crippen LogP contribution in [-0.2, 0) is 11.2 Å². The SMILES string of the molecule is COc1ccc(C(C)NC(=O)Cc2nc(-c3ccccc3)oc2C)cc1OC. The first-order valence-electron chi connectivity index (χ1n) is 9.04. The molecule has 1 aromatic heterocycles. The Morgan fingerprint density at radius 1 is 1.11 bits per heavy atom. The Hall–Kier alpha value is -3.28. The minimum Gasteiger partial charge on any atom is -0.493 e. The van der Waals surface area contributed by atoms with Crippen molar-refractivity contribution >= 4 is 5.91 Å². The average molecular weight is 380 g/mol. The highest BCUT2D eigenvalue weighted by molar-refractivity contribution is 5.79. The third kappa shape index (κ3) is 4.34. The van der Waals surface area contributed by atoms with Gasteiger partial charge in [-0.25, -0.2) is 4.98 Å². The first kappa shape index (κ1) is 19.5.